The van der Waals surface area contributed by atoms with E-state index in [2.05, 4.69) is 11.9 Å². The number of carbonyl (C=O) groups excluding carboxylic acids is 1. The van der Waals surface area contributed by atoms with Crippen molar-refractivity contribution in [3.8, 4) is 5.75 Å². The topological polar surface area (TPSA) is 58.8 Å². The average molecular weight is 291 g/mol. The summed E-state index contributed by atoms with van der Waals surface area (Å²) >= 11 is 0. The number of nitrogens with two attached hydrogens (primary N) is 1. The third kappa shape index (κ3) is 4.19. The normalized spacial score (nSPS) is 17.6. The van der Waals surface area contributed by atoms with E-state index in [0.717, 1.165) is 37.3 Å². The van der Waals surface area contributed by atoms with E-state index in [0.29, 0.717) is 5.75 Å². The van der Waals surface area contributed by atoms with Gasteiger partial charge in [-0.2, -0.15) is 0 Å². The Labute approximate surface area is 126 Å². The van der Waals surface area contributed by atoms with Crippen molar-refractivity contribution < 1.29 is 9.53 Å². The predicted octanol–water partition coefficient (Wildman–Crippen LogP) is 1.17. The van der Waals surface area contributed by atoms with Gasteiger partial charge in [0.2, 0.25) is 0 Å². The van der Waals surface area contributed by atoms with Crippen LogP contribution in [0.5, 0.6) is 5.75 Å². The van der Waals surface area contributed by atoms with Gasteiger partial charge in [-0.05, 0) is 32.5 Å². The average Bonchev–Trinajstić information content (AvgIpc) is 2.45. The van der Waals surface area contributed by atoms with Crippen LogP contribution in [-0.4, -0.2) is 55.5 Å². The van der Waals surface area contributed by atoms with Gasteiger partial charge >= 0.3 is 0 Å². The van der Waals surface area contributed by atoms with Crippen LogP contribution in [0.2, 0.25) is 0 Å². The number of carbonyl (C=O) groups is 1. The van der Waals surface area contributed by atoms with E-state index >= 15 is 0 Å². The molecule has 1 unspecified atom stereocenters. The second-order valence-corrected chi connectivity index (χ2v) is 5.80. The van der Waals surface area contributed by atoms with Crippen LogP contribution in [0.25, 0.3) is 0 Å². The number of hydrogen-bond donors (Lipinski definition) is 1. The summed E-state index contributed by atoms with van der Waals surface area (Å²) in [7, 11) is 2.07. The van der Waals surface area contributed by atoms with Gasteiger partial charge in [0, 0.05) is 37.8 Å². The highest BCUT2D eigenvalue weighted by atomic mass is 16.5. The zero-order chi connectivity index (χ0) is 15.4. The van der Waals surface area contributed by atoms with Gasteiger partial charge in [0.15, 0.2) is 6.61 Å². The smallest absolute Gasteiger partial charge is 0.260 e. The van der Waals surface area contributed by atoms with Crippen LogP contribution in [0.15, 0.2) is 18.2 Å². The number of ether oxygens (including phenoxy) is 1. The standard InChI is InChI=1S/C16H25N3O2/c1-12-4-5-14(13(2)17)15(10-12)21-11-16(20)19-8-6-18(3)7-9-19/h4-5,10,13H,6-9,11,17H2,1-3H3. The molecule has 1 aromatic carbocycles. The molecule has 0 radical (unpaired) electrons. The minimum Gasteiger partial charge on any atom is -0.483 e. The summed E-state index contributed by atoms with van der Waals surface area (Å²) in [4.78, 5) is 16.3. The summed E-state index contributed by atoms with van der Waals surface area (Å²) in [6.07, 6.45) is 0. The van der Waals surface area contributed by atoms with Gasteiger partial charge in [0.1, 0.15) is 5.75 Å². The predicted molar refractivity (Wildman–Crippen MR) is 83.4 cm³/mol. The van der Waals surface area contributed by atoms with Crippen LogP contribution in [-0.2, 0) is 4.79 Å². The highest BCUT2D eigenvalue weighted by molar-refractivity contribution is 5.78. The molecule has 1 heterocycles. The number of nitrogens with zero attached hydrogens (tertiary/aromatic N) is 2. The molecule has 5 heteroatoms. The number of hydrogen-bond acceptors (Lipinski definition) is 4. The SMILES string of the molecule is Cc1ccc(C(C)N)c(OCC(=O)N2CCN(C)CC2)c1. The van der Waals surface area contributed by atoms with E-state index < -0.39 is 0 Å². The van der Waals surface area contributed by atoms with Gasteiger partial charge in [-0.25, -0.2) is 0 Å². The Hall–Kier alpha value is -1.59. The molecule has 1 aliphatic rings. The molecule has 21 heavy (non-hydrogen) atoms. The molecule has 5 nitrogen and oxygen atoms in total. The maximum absolute atomic E-state index is 12.2. The molecule has 1 fully saturated rings. The van der Waals surface area contributed by atoms with Gasteiger partial charge in [-0.3, -0.25) is 4.79 Å². The first kappa shape index (κ1) is 15.8. The van der Waals surface area contributed by atoms with Gasteiger partial charge in [0.05, 0.1) is 0 Å². The third-order valence-corrected chi connectivity index (χ3v) is 3.87. The van der Waals surface area contributed by atoms with Crippen molar-refractivity contribution in [3.05, 3.63) is 29.3 Å². The number of piperazine rings is 1. The van der Waals surface area contributed by atoms with E-state index in [4.69, 9.17) is 10.5 Å². The lowest BCUT2D eigenvalue weighted by atomic mass is 10.1. The van der Waals surface area contributed by atoms with Gasteiger partial charge in [0.25, 0.3) is 5.91 Å². The number of likely N-dealkylation sites (N-methyl/N-ethyl adjacent to an activating group) is 1. The van der Waals surface area contributed by atoms with Crippen LogP contribution in [0, 0.1) is 6.92 Å². The van der Waals surface area contributed by atoms with E-state index in [9.17, 15) is 4.79 Å². The number of aryl methyl sites for hydroxylation is 1. The fourth-order valence-corrected chi connectivity index (χ4v) is 2.43. The van der Waals surface area contributed by atoms with Crippen molar-refractivity contribution >= 4 is 5.91 Å². The largest absolute Gasteiger partial charge is 0.483 e. The summed E-state index contributed by atoms with van der Waals surface area (Å²) in [6, 6.07) is 5.80. The molecule has 0 spiro atoms. The summed E-state index contributed by atoms with van der Waals surface area (Å²) in [5.41, 5.74) is 7.98. The second kappa shape index (κ2) is 6.91. The number of benzene rings is 1. The fraction of sp³-hybridized carbons (Fsp3) is 0.562. The van der Waals surface area contributed by atoms with E-state index in [1.807, 2.05) is 36.9 Å². The third-order valence-electron chi connectivity index (χ3n) is 3.87. The minimum atomic E-state index is -0.112. The Kier molecular flexibility index (Phi) is 5.20. The summed E-state index contributed by atoms with van der Waals surface area (Å²) in [5.74, 6) is 0.757. The van der Waals surface area contributed by atoms with Crippen LogP contribution in [0.1, 0.15) is 24.1 Å². The zero-order valence-electron chi connectivity index (χ0n) is 13.1. The molecule has 0 aliphatic carbocycles. The lowest BCUT2D eigenvalue weighted by Crippen LogP contribution is -2.48. The molecular formula is C16H25N3O2. The quantitative estimate of drug-likeness (QED) is 0.904. The number of amides is 1. The Morgan fingerprint density at radius 1 is 1.33 bits per heavy atom. The van der Waals surface area contributed by atoms with Crippen LogP contribution < -0.4 is 10.5 Å². The van der Waals surface area contributed by atoms with Crippen molar-refractivity contribution in [2.24, 2.45) is 5.73 Å². The first-order chi connectivity index (χ1) is 9.97. The first-order valence-electron chi connectivity index (χ1n) is 7.42. The fourth-order valence-electron chi connectivity index (χ4n) is 2.43. The Bertz CT molecular complexity index is 494. The van der Waals surface area contributed by atoms with Crippen LogP contribution in [0.4, 0.5) is 0 Å². The van der Waals surface area contributed by atoms with Crippen molar-refractivity contribution in [2.75, 3.05) is 39.8 Å². The van der Waals surface area contributed by atoms with Gasteiger partial charge in [-0.15, -0.1) is 0 Å². The number of rotatable bonds is 4. The molecule has 1 saturated heterocycles. The molecule has 0 saturated carbocycles. The second-order valence-electron chi connectivity index (χ2n) is 5.80. The van der Waals surface area contributed by atoms with Crippen molar-refractivity contribution in [3.63, 3.8) is 0 Å². The maximum atomic E-state index is 12.2. The lowest BCUT2D eigenvalue weighted by molar-refractivity contribution is -0.134. The van der Waals surface area contributed by atoms with Gasteiger partial charge < -0.3 is 20.3 Å². The van der Waals surface area contributed by atoms with Crippen LogP contribution in [0.3, 0.4) is 0 Å². The highest BCUT2D eigenvalue weighted by Gasteiger charge is 2.20. The summed E-state index contributed by atoms with van der Waals surface area (Å²) in [5, 5.41) is 0. The van der Waals surface area contributed by atoms with Crippen molar-refractivity contribution in [1.82, 2.24) is 9.80 Å². The molecular weight excluding hydrogens is 266 g/mol. The van der Waals surface area contributed by atoms with Crippen molar-refractivity contribution in [2.45, 2.75) is 19.9 Å². The Morgan fingerprint density at radius 3 is 2.62 bits per heavy atom. The Morgan fingerprint density at radius 2 is 2.00 bits per heavy atom. The lowest BCUT2D eigenvalue weighted by Gasteiger charge is -2.32. The molecule has 116 valence electrons. The zero-order valence-corrected chi connectivity index (χ0v) is 13.1. The van der Waals surface area contributed by atoms with E-state index in [1.165, 1.54) is 0 Å². The molecule has 1 atom stereocenters. The molecule has 1 aromatic rings. The van der Waals surface area contributed by atoms with Gasteiger partial charge in [-0.1, -0.05) is 12.1 Å². The van der Waals surface area contributed by atoms with Crippen molar-refractivity contribution in [1.29, 1.82) is 0 Å². The van der Waals surface area contributed by atoms with Crippen LogP contribution >= 0.6 is 0 Å². The Balaban J connectivity index is 1.96. The molecule has 2 rings (SSSR count). The molecule has 2 N–H and O–H groups in total. The molecule has 0 aromatic heterocycles. The molecule has 1 aliphatic heterocycles. The maximum Gasteiger partial charge on any atom is 0.260 e. The molecule has 1 amide bonds. The highest BCUT2D eigenvalue weighted by Crippen LogP contribution is 2.25. The summed E-state index contributed by atoms with van der Waals surface area (Å²) < 4.78 is 5.74. The minimum absolute atomic E-state index is 0.0419. The van der Waals surface area contributed by atoms with E-state index in [-0.39, 0.29) is 18.6 Å². The summed E-state index contributed by atoms with van der Waals surface area (Å²) in [6.45, 7) is 7.37. The monoisotopic (exact) mass is 291 g/mol. The van der Waals surface area contributed by atoms with E-state index in [1.54, 1.807) is 0 Å². The first-order valence-corrected chi connectivity index (χ1v) is 7.42. The molecule has 0 bridgehead atoms.